The first-order valence-electron chi connectivity index (χ1n) is 11.6. The first kappa shape index (κ1) is 26.9. The SMILES string of the molecule is O=c1c2ccccc2nc(-c2cccc(C(F)(F)F)c2)n1N=Cc1ccc(OCc2ccc(Cl)cc2)c(I)c1. The number of para-hydroxylation sites is 1. The Morgan fingerprint density at radius 2 is 1.74 bits per heavy atom. The van der Waals surface area contributed by atoms with Crippen molar-refractivity contribution in [3.05, 3.63) is 127 Å². The first-order chi connectivity index (χ1) is 18.7. The number of nitrogens with zero attached hydrogens (tertiary/aromatic N) is 3. The zero-order valence-electron chi connectivity index (χ0n) is 20.0. The second kappa shape index (κ2) is 11.2. The van der Waals surface area contributed by atoms with Crippen LogP contribution >= 0.6 is 34.2 Å². The Morgan fingerprint density at radius 1 is 0.974 bits per heavy atom. The van der Waals surface area contributed by atoms with Crippen LogP contribution in [0.1, 0.15) is 16.7 Å². The van der Waals surface area contributed by atoms with Gasteiger partial charge in [-0.2, -0.15) is 22.9 Å². The molecule has 0 aliphatic carbocycles. The van der Waals surface area contributed by atoms with Gasteiger partial charge in [-0.3, -0.25) is 4.79 Å². The molecule has 39 heavy (non-hydrogen) atoms. The van der Waals surface area contributed by atoms with E-state index in [1.165, 1.54) is 18.3 Å². The zero-order chi connectivity index (χ0) is 27.6. The predicted molar refractivity (Wildman–Crippen MR) is 154 cm³/mol. The van der Waals surface area contributed by atoms with Crippen molar-refractivity contribution >= 4 is 51.3 Å². The number of benzene rings is 4. The van der Waals surface area contributed by atoms with E-state index in [1.54, 1.807) is 48.5 Å². The smallest absolute Gasteiger partial charge is 0.416 e. The maximum Gasteiger partial charge on any atom is 0.416 e. The van der Waals surface area contributed by atoms with Crippen molar-refractivity contribution in [2.24, 2.45) is 5.10 Å². The lowest BCUT2D eigenvalue weighted by Crippen LogP contribution is -2.20. The highest BCUT2D eigenvalue weighted by Crippen LogP contribution is 2.32. The molecule has 0 bridgehead atoms. The van der Waals surface area contributed by atoms with Crippen LogP contribution in [0.4, 0.5) is 13.2 Å². The van der Waals surface area contributed by atoms with Crippen molar-refractivity contribution in [3.63, 3.8) is 0 Å². The van der Waals surface area contributed by atoms with Crippen molar-refractivity contribution in [3.8, 4) is 17.1 Å². The molecule has 0 unspecified atom stereocenters. The number of alkyl halides is 3. The van der Waals surface area contributed by atoms with Crippen LogP contribution in [-0.4, -0.2) is 15.9 Å². The summed E-state index contributed by atoms with van der Waals surface area (Å²) in [6.07, 6.45) is -3.09. The van der Waals surface area contributed by atoms with Gasteiger partial charge in [-0.25, -0.2) is 4.98 Å². The van der Waals surface area contributed by atoms with E-state index in [4.69, 9.17) is 16.3 Å². The Kier molecular flexibility index (Phi) is 7.72. The zero-order valence-corrected chi connectivity index (χ0v) is 22.9. The van der Waals surface area contributed by atoms with Crippen molar-refractivity contribution in [2.45, 2.75) is 12.8 Å². The summed E-state index contributed by atoms with van der Waals surface area (Å²) in [5, 5.41) is 5.29. The van der Waals surface area contributed by atoms with Crippen LogP contribution in [0.15, 0.2) is 101 Å². The lowest BCUT2D eigenvalue weighted by atomic mass is 10.1. The number of halogens is 5. The van der Waals surface area contributed by atoms with E-state index in [2.05, 4.69) is 32.7 Å². The van der Waals surface area contributed by atoms with Crippen molar-refractivity contribution in [1.29, 1.82) is 0 Å². The Balaban J connectivity index is 1.49. The van der Waals surface area contributed by atoms with Gasteiger partial charge in [-0.15, -0.1) is 0 Å². The fourth-order valence-electron chi connectivity index (χ4n) is 3.83. The Hall–Kier alpha value is -3.70. The van der Waals surface area contributed by atoms with E-state index in [9.17, 15) is 18.0 Å². The largest absolute Gasteiger partial charge is 0.488 e. The number of ether oxygens (including phenoxy) is 1. The van der Waals surface area contributed by atoms with Gasteiger partial charge in [0.15, 0.2) is 5.82 Å². The standard InChI is InChI=1S/C29H18ClF3IN3O2/c30-22-11-8-18(9-12-22)17-39-26-13-10-19(14-24(26)34)16-35-37-27(20-4-3-5-21(15-20)29(31,32)33)36-25-7-2-1-6-23(25)28(37)38/h1-16H,17H2. The van der Waals surface area contributed by atoms with Crippen LogP contribution in [-0.2, 0) is 12.8 Å². The summed E-state index contributed by atoms with van der Waals surface area (Å²) in [5.41, 5.74) is 0.756. The van der Waals surface area contributed by atoms with E-state index in [0.29, 0.717) is 33.8 Å². The molecular formula is C29H18ClF3IN3O2. The number of fused-ring (bicyclic) bond motifs is 1. The van der Waals surface area contributed by atoms with Crippen LogP contribution in [0.2, 0.25) is 5.02 Å². The minimum Gasteiger partial charge on any atom is -0.488 e. The summed E-state index contributed by atoms with van der Waals surface area (Å²) < 4.78 is 47.9. The molecule has 4 aromatic carbocycles. The van der Waals surface area contributed by atoms with Gasteiger partial charge in [0.25, 0.3) is 5.56 Å². The molecule has 0 aliphatic heterocycles. The second-order valence-electron chi connectivity index (χ2n) is 8.50. The second-order valence-corrected chi connectivity index (χ2v) is 10.1. The topological polar surface area (TPSA) is 56.5 Å². The third-order valence-electron chi connectivity index (χ3n) is 5.79. The van der Waals surface area contributed by atoms with Crippen molar-refractivity contribution in [1.82, 2.24) is 9.66 Å². The van der Waals surface area contributed by atoms with Crippen LogP contribution in [0.25, 0.3) is 22.3 Å². The minimum absolute atomic E-state index is 0.00124. The third-order valence-corrected chi connectivity index (χ3v) is 6.88. The van der Waals surface area contributed by atoms with Crippen LogP contribution in [0, 0.1) is 3.57 Å². The summed E-state index contributed by atoms with van der Waals surface area (Å²) in [4.78, 5) is 17.8. The predicted octanol–water partition coefficient (Wildman–Crippen LogP) is 7.80. The van der Waals surface area contributed by atoms with E-state index in [-0.39, 0.29) is 11.4 Å². The van der Waals surface area contributed by atoms with E-state index in [0.717, 1.165) is 25.9 Å². The van der Waals surface area contributed by atoms with Gasteiger partial charge in [0, 0.05) is 10.6 Å². The Morgan fingerprint density at radius 3 is 2.49 bits per heavy atom. The number of rotatable bonds is 6. The summed E-state index contributed by atoms with van der Waals surface area (Å²) in [6.45, 7) is 0.360. The molecule has 196 valence electrons. The minimum atomic E-state index is -4.55. The molecule has 10 heteroatoms. The maximum atomic E-state index is 13.4. The van der Waals surface area contributed by atoms with Crippen LogP contribution < -0.4 is 10.3 Å². The van der Waals surface area contributed by atoms with E-state index in [1.807, 2.05) is 18.2 Å². The summed E-state index contributed by atoms with van der Waals surface area (Å²) in [6, 6.07) is 24.0. The summed E-state index contributed by atoms with van der Waals surface area (Å²) in [7, 11) is 0. The molecule has 0 fully saturated rings. The highest BCUT2D eigenvalue weighted by atomic mass is 127. The highest BCUT2D eigenvalue weighted by molar-refractivity contribution is 14.1. The molecule has 0 saturated heterocycles. The molecule has 0 atom stereocenters. The van der Waals surface area contributed by atoms with Gasteiger partial charge in [0.1, 0.15) is 12.4 Å². The van der Waals surface area contributed by atoms with E-state index >= 15 is 0 Å². The van der Waals surface area contributed by atoms with Gasteiger partial charge in [0.2, 0.25) is 0 Å². The molecule has 0 spiro atoms. The molecule has 1 aromatic heterocycles. The lowest BCUT2D eigenvalue weighted by Gasteiger charge is -2.12. The average molecular weight is 660 g/mol. The number of hydrogen-bond donors (Lipinski definition) is 0. The highest BCUT2D eigenvalue weighted by Gasteiger charge is 2.31. The normalized spacial score (nSPS) is 11.8. The van der Waals surface area contributed by atoms with Gasteiger partial charge >= 0.3 is 6.18 Å². The van der Waals surface area contributed by atoms with E-state index < -0.39 is 17.3 Å². The molecule has 5 aromatic rings. The number of hydrogen-bond acceptors (Lipinski definition) is 4. The number of aromatic nitrogens is 2. The summed E-state index contributed by atoms with van der Waals surface area (Å²) >= 11 is 8.07. The quantitative estimate of drug-likeness (QED) is 0.138. The lowest BCUT2D eigenvalue weighted by molar-refractivity contribution is -0.137. The van der Waals surface area contributed by atoms with Crippen molar-refractivity contribution in [2.75, 3.05) is 0 Å². The van der Waals surface area contributed by atoms with Crippen LogP contribution in [0.3, 0.4) is 0 Å². The fraction of sp³-hybridized carbons (Fsp3) is 0.0690. The Labute approximate surface area is 239 Å². The van der Waals surface area contributed by atoms with Crippen LogP contribution in [0.5, 0.6) is 5.75 Å². The summed E-state index contributed by atoms with van der Waals surface area (Å²) in [5.74, 6) is 0.663. The monoisotopic (exact) mass is 659 g/mol. The molecule has 0 radical (unpaired) electrons. The molecule has 5 rings (SSSR count). The average Bonchev–Trinajstić information content (AvgIpc) is 2.92. The molecule has 0 aliphatic rings. The fourth-order valence-corrected chi connectivity index (χ4v) is 4.65. The molecule has 1 heterocycles. The molecular weight excluding hydrogens is 642 g/mol. The third kappa shape index (κ3) is 6.15. The first-order valence-corrected chi connectivity index (χ1v) is 13.1. The van der Waals surface area contributed by atoms with Gasteiger partial charge in [-0.1, -0.05) is 48.0 Å². The van der Waals surface area contributed by atoms with Gasteiger partial charge in [0.05, 0.1) is 26.3 Å². The Bertz CT molecular complexity index is 1750. The molecule has 0 N–H and O–H groups in total. The molecule has 0 amide bonds. The van der Waals surface area contributed by atoms with Crippen molar-refractivity contribution < 1.29 is 17.9 Å². The molecule has 5 nitrogen and oxygen atoms in total. The van der Waals surface area contributed by atoms with Gasteiger partial charge in [-0.05, 0) is 88.3 Å². The van der Waals surface area contributed by atoms with Gasteiger partial charge < -0.3 is 4.74 Å². The molecule has 0 saturated carbocycles. The maximum absolute atomic E-state index is 13.4.